The molecule has 2 aliphatic heterocycles. The molecule has 0 spiro atoms. The van der Waals surface area contributed by atoms with E-state index in [-0.39, 0.29) is 29.2 Å². The minimum absolute atomic E-state index is 0.0118. The molecule has 0 bridgehead atoms. The molecular weight excluding hydrogens is 474 g/mol. The lowest BCUT2D eigenvalue weighted by Crippen LogP contribution is -2.42. The van der Waals surface area contributed by atoms with Gasteiger partial charge in [-0.3, -0.25) is 10.00 Å². The molecule has 36 heavy (non-hydrogen) atoms. The molecule has 1 aromatic carbocycles. The van der Waals surface area contributed by atoms with Gasteiger partial charge in [-0.2, -0.15) is 5.10 Å². The van der Waals surface area contributed by atoms with E-state index in [0.29, 0.717) is 31.6 Å². The first-order valence-electron chi connectivity index (χ1n) is 11.7. The number of carbonyl (C=O) groups excluding carboxylic acids is 2. The lowest BCUT2D eigenvalue weighted by molar-refractivity contribution is -0.0170. The van der Waals surface area contributed by atoms with Crippen molar-refractivity contribution in [1.29, 1.82) is 0 Å². The number of alkyl halides is 2. The van der Waals surface area contributed by atoms with Crippen molar-refractivity contribution in [1.82, 2.24) is 24.6 Å². The van der Waals surface area contributed by atoms with Crippen LogP contribution in [0.4, 0.5) is 24.2 Å². The second-order valence-electron chi connectivity index (χ2n) is 9.78. The fourth-order valence-electron chi connectivity index (χ4n) is 4.59. The summed E-state index contributed by atoms with van der Waals surface area (Å²) in [6, 6.07) is 7.43. The highest BCUT2D eigenvalue weighted by atomic mass is 19.3. The Morgan fingerprint density at radius 2 is 1.89 bits per heavy atom. The number of hydrogen-bond donors (Lipinski definition) is 1. The van der Waals surface area contributed by atoms with Crippen LogP contribution in [0, 0.1) is 0 Å². The maximum atomic E-state index is 13.9. The summed E-state index contributed by atoms with van der Waals surface area (Å²) in [5.74, 6) is -0.0224. The van der Waals surface area contributed by atoms with E-state index < -0.39 is 24.2 Å². The number of carbonyl (C=O) groups is 2. The van der Waals surface area contributed by atoms with Gasteiger partial charge >= 0.3 is 12.2 Å². The first-order chi connectivity index (χ1) is 17.1. The molecule has 0 saturated carbocycles. The van der Waals surface area contributed by atoms with Gasteiger partial charge in [0.25, 0.3) is 6.43 Å². The van der Waals surface area contributed by atoms with Crippen molar-refractivity contribution in [2.75, 3.05) is 18.4 Å². The van der Waals surface area contributed by atoms with Gasteiger partial charge in [-0.05, 0) is 39.7 Å². The van der Waals surface area contributed by atoms with Crippen molar-refractivity contribution in [3.05, 3.63) is 36.2 Å². The number of fused-ring (bicyclic) bond motifs is 2. The minimum Gasteiger partial charge on any atom is -0.444 e. The normalized spacial score (nSPS) is 18.7. The molecule has 1 N–H and O–H groups in total. The quantitative estimate of drug-likeness (QED) is 0.543. The molecule has 1 fully saturated rings. The molecule has 2 aromatic heterocycles. The highest BCUT2D eigenvalue weighted by Crippen LogP contribution is 2.41. The molecule has 3 aromatic rings. The zero-order chi connectivity index (χ0) is 25.6. The van der Waals surface area contributed by atoms with Crippen molar-refractivity contribution >= 4 is 28.9 Å². The molecule has 12 heteroatoms. The largest absolute Gasteiger partial charge is 0.444 e. The fourth-order valence-corrected chi connectivity index (χ4v) is 4.59. The average Bonchev–Trinajstić information content (AvgIpc) is 3.21. The van der Waals surface area contributed by atoms with Crippen LogP contribution in [0.2, 0.25) is 0 Å². The molecule has 190 valence electrons. The van der Waals surface area contributed by atoms with Gasteiger partial charge in [-0.1, -0.05) is 18.2 Å². The molecule has 10 nitrogen and oxygen atoms in total. The van der Waals surface area contributed by atoms with E-state index in [4.69, 9.17) is 14.6 Å². The first kappa shape index (κ1) is 23.9. The van der Waals surface area contributed by atoms with E-state index in [9.17, 15) is 18.4 Å². The Bertz CT molecular complexity index is 1310. The molecule has 5 rings (SSSR count). The van der Waals surface area contributed by atoms with E-state index in [0.717, 1.165) is 10.9 Å². The summed E-state index contributed by atoms with van der Waals surface area (Å²) >= 11 is 0. The highest BCUT2D eigenvalue weighted by Gasteiger charge is 2.38. The number of anilines is 1. The summed E-state index contributed by atoms with van der Waals surface area (Å²) in [5, 5.41) is 7.91. The first-order valence-corrected chi connectivity index (χ1v) is 11.7. The minimum atomic E-state index is -2.97. The fraction of sp³-hybridized carbons (Fsp3) is 0.458. The van der Waals surface area contributed by atoms with Crippen LogP contribution in [0.5, 0.6) is 0 Å². The number of rotatable bonds is 3. The standard InChI is InChI=1S/C24H26F2N6O4/c1-24(2,3)36-23(34)31-10-8-13(9-11-31)32-15-7-5-4-6-14(15)17(30-32)18-16-19(20(25)26)35-22(33)29-21(16)28-12-27-18/h4-7,12-13,19-20H,8-11H2,1-3H3,(H,27,28,29,33)/t19-/m1/s1. The number of hydrogen-bond acceptors (Lipinski definition) is 7. The zero-order valence-electron chi connectivity index (χ0n) is 20.1. The van der Waals surface area contributed by atoms with E-state index >= 15 is 0 Å². The number of nitrogens with zero attached hydrogens (tertiary/aromatic N) is 5. The van der Waals surface area contributed by atoms with Gasteiger partial charge < -0.3 is 14.4 Å². The van der Waals surface area contributed by atoms with Crippen LogP contribution in [0.15, 0.2) is 30.6 Å². The number of para-hydroxylation sites is 1. The topological polar surface area (TPSA) is 111 Å². The second-order valence-corrected chi connectivity index (χ2v) is 9.78. The molecule has 0 radical (unpaired) electrons. The third-order valence-electron chi connectivity index (χ3n) is 6.15. The molecule has 1 atom stereocenters. The number of nitrogens with one attached hydrogen (secondary N) is 1. The maximum Gasteiger partial charge on any atom is 0.413 e. The van der Waals surface area contributed by atoms with Crippen molar-refractivity contribution < 1.29 is 27.8 Å². The van der Waals surface area contributed by atoms with Gasteiger partial charge in [-0.15, -0.1) is 0 Å². The third kappa shape index (κ3) is 4.42. The van der Waals surface area contributed by atoms with Gasteiger partial charge in [0.1, 0.15) is 29.1 Å². The lowest BCUT2D eigenvalue weighted by Gasteiger charge is -2.33. The smallest absolute Gasteiger partial charge is 0.413 e. The van der Waals surface area contributed by atoms with E-state index in [1.165, 1.54) is 6.33 Å². The zero-order valence-corrected chi connectivity index (χ0v) is 20.1. The Morgan fingerprint density at radius 3 is 2.58 bits per heavy atom. The summed E-state index contributed by atoms with van der Waals surface area (Å²) in [4.78, 5) is 34.2. The van der Waals surface area contributed by atoms with Crippen LogP contribution in [0.3, 0.4) is 0 Å². The number of ether oxygens (including phenoxy) is 2. The van der Waals surface area contributed by atoms with Crippen LogP contribution in [0.25, 0.3) is 22.3 Å². The number of aromatic nitrogens is 4. The van der Waals surface area contributed by atoms with Crippen LogP contribution < -0.4 is 5.32 Å². The second kappa shape index (κ2) is 8.99. The van der Waals surface area contributed by atoms with Crippen LogP contribution in [0.1, 0.15) is 51.3 Å². The SMILES string of the molecule is CC(C)(C)OC(=O)N1CCC(n2nc(-c3ncnc4c3[C@H](C(F)F)OC(=O)N4)c3ccccc32)CC1. The Hall–Kier alpha value is -3.83. The predicted octanol–water partition coefficient (Wildman–Crippen LogP) is 4.93. The summed E-state index contributed by atoms with van der Waals surface area (Å²) in [5.41, 5.74) is 0.791. The number of cyclic esters (lactones) is 1. The van der Waals surface area contributed by atoms with Crippen molar-refractivity contribution in [3.63, 3.8) is 0 Å². The molecule has 4 heterocycles. The van der Waals surface area contributed by atoms with Gasteiger partial charge in [0.15, 0.2) is 6.10 Å². The molecule has 2 aliphatic rings. The number of benzene rings is 1. The summed E-state index contributed by atoms with van der Waals surface area (Å²) in [6.07, 6.45) is -3.63. The maximum absolute atomic E-state index is 13.9. The summed E-state index contributed by atoms with van der Waals surface area (Å²) in [7, 11) is 0. The number of likely N-dealkylation sites (tertiary alicyclic amines) is 1. The van der Waals surface area contributed by atoms with E-state index in [1.54, 1.807) is 4.90 Å². The average molecular weight is 501 g/mol. The number of piperidine rings is 1. The van der Waals surface area contributed by atoms with E-state index in [1.807, 2.05) is 49.7 Å². The molecule has 0 aliphatic carbocycles. The van der Waals surface area contributed by atoms with Crippen LogP contribution in [-0.2, 0) is 9.47 Å². The van der Waals surface area contributed by atoms with Crippen LogP contribution in [-0.4, -0.2) is 62.0 Å². The highest BCUT2D eigenvalue weighted by molar-refractivity contribution is 5.95. The lowest BCUT2D eigenvalue weighted by atomic mass is 10.0. The van der Waals surface area contributed by atoms with Crippen LogP contribution >= 0.6 is 0 Å². The molecular formula is C24H26F2N6O4. The van der Waals surface area contributed by atoms with Gasteiger partial charge in [0.2, 0.25) is 0 Å². The van der Waals surface area contributed by atoms with Gasteiger partial charge in [-0.25, -0.2) is 28.3 Å². The summed E-state index contributed by atoms with van der Waals surface area (Å²) < 4.78 is 39.9. The molecule has 1 saturated heterocycles. The third-order valence-corrected chi connectivity index (χ3v) is 6.15. The Balaban J connectivity index is 1.50. The van der Waals surface area contributed by atoms with Gasteiger partial charge in [0.05, 0.1) is 17.1 Å². The predicted molar refractivity (Wildman–Crippen MR) is 126 cm³/mol. The van der Waals surface area contributed by atoms with Crippen molar-refractivity contribution in [3.8, 4) is 11.4 Å². The molecule has 2 amide bonds. The van der Waals surface area contributed by atoms with Crippen molar-refractivity contribution in [2.45, 2.75) is 57.8 Å². The monoisotopic (exact) mass is 500 g/mol. The van der Waals surface area contributed by atoms with Crippen molar-refractivity contribution in [2.24, 2.45) is 0 Å². The Morgan fingerprint density at radius 1 is 1.17 bits per heavy atom. The Kier molecular flexibility index (Phi) is 5.97. The van der Waals surface area contributed by atoms with Gasteiger partial charge in [0, 0.05) is 18.5 Å². The Labute approximate surface area is 205 Å². The van der Waals surface area contributed by atoms with E-state index in [2.05, 4.69) is 15.3 Å². The number of amides is 2. The summed E-state index contributed by atoms with van der Waals surface area (Å²) in [6.45, 7) is 6.49. The molecule has 0 unspecified atom stereocenters. The number of halogens is 2.